The van der Waals surface area contributed by atoms with Crippen LogP contribution >= 0.6 is 0 Å². The lowest BCUT2D eigenvalue weighted by Gasteiger charge is -2.13. The van der Waals surface area contributed by atoms with Crippen LogP contribution in [0.4, 0.5) is 0 Å². The average molecular weight is 376 g/mol. The van der Waals surface area contributed by atoms with E-state index < -0.39 is 20.0 Å². The summed E-state index contributed by atoms with van der Waals surface area (Å²) in [5.41, 5.74) is 6.79. The van der Waals surface area contributed by atoms with Crippen LogP contribution in [0.25, 0.3) is 0 Å². The van der Waals surface area contributed by atoms with Crippen LogP contribution in [0.2, 0.25) is 0 Å². The van der Waals surface area contributed by atoms with Gasteiger partial charge in [0.05, 0.1) is 4.90 Å². The second-order valence-corrected chi connectivity index (χ2v) is 9.42. The quantitative estimate of drug-likeness (QED) is 0.780. The number of rotatable bonds is 4. The molecule has 6 nitrogen and oxygen atoms in total. The zero-order valence-electron chi connectivity index (χ0n) is 13.9. The first-order valence-corrected chi connectivity index (χ1v) is 11.1. The van der Waals surface area contributed by atoms with Gasteiger partial charge >= 0.3 is 0 Å². The van der Waals surface area contributed by atoms with E-state index in [9.17, 15) is 16.8 Å². The summed E-state index contributed by atoms with van der Waals surface area (Å²) in [5, 5.41) is 1.22. The fraction of sp³-hybridized carbons (Fsp3) is 0.500. The summed E-state index contributed by atoms with van der Waals surface area (Å²) in [7, 11) is -7.03. The standard InChI is InChI=1S/C9H17NO2S.C7H8O3S/c1-13(11,12)7-6-9(10)8-4-2-3-5-8;1-6-2-4-7(5-3-6)11(8,9)10/h6-9H,2-5,10H2,1H3;2-5H,1H3,(H,8,9,10)/b7-6+;. The average Bonchev–Trinajstić information content (AvgIpc) is 2.98. The van der Waals surface area contributed by atoms with Crippen molar-refractivity contribution in [2.75, 3.05) is 6.26 Å². The van der Waals surface area contributed by atoms with Crippen molar-refractivity contribution in [2.24, 2.45) is 11.7 Å². The Balaban J connectivity index is 0.000000243. The zero-order valence-corrected chi connectivity index (χ0v) is 15.6. The Labute approximate surface area is 144 Å². The molecule has 1 atom stereocenters. The number of nitrogens with two attached hydrogens (primary N) is 1. The molecule has 0 heterocycles. The molecule has 0 bridgehead atoms. The molecule has 0 aliphatic heterocycles. The number of sulfone groups is 1. The van der Waals surface area contributed by atoms with Crippen molar-refractivity contribution in [3.05, 3.63) is 41.3 Å². The largest absolute Gasteiger partial charge is 0.324 e. The predicted octanol–water partition coefficient (Wildman–Crippen LogP) is 2.30. The summed E-state index contributed by atoms with van der Waals surface area (Å²) in [6.45, 7) is 1.84. The van der Waals surface area contributed by atoms with Crippen molar-refractivity contribution in [3.8, 4) is 0 Å². The topological polar surface area (TPSA) is 115 Å². The van der Waals surface area contributed by atoms with Gasteiger partial charge in [-0.2, -0.15) is 8.42 Å². The van der Waals surface area contributed by atoms with Gasteiger partial charge in [0.1, 0.15) is 0 Å². The molecular formula is C16H25NO5S2. The first kappa shape index (κ1) is 20.8. The van der Waals surface area contributed by atoms with Gasteiger partial charge < -0.3 is 5.73 Å². The predicted molar refractivity (Wildman–Crippen MR) is 94.9 cm³/mol. The van der Waals surface area contributed by atoms with Crippen LogP contribution in [-0.4, -0.2) is 33.7 Å². The SMILES string of the molecule is CS(=O)(=O)/C=C/C(N)C1CCCC1.Cc1ccc(S(=O)(=O)O)cc1. The highest BCUT2D eigenvalue weighted by molar-refractivity contribution is 7.93. The lowest BCUT2D eigenvalue weighted by atomic mass is 9.99. The maximum atomic E-state index is 10.8. The van der Waals surface area contributed by atoms with E-state index in [2.05, 4.69) is 0 Å². The van der Waals surface area contributed by atoms with Gasteiger partial charge in [-0.3, -0.25) is 4.55 Å². The molecule has 1 saturated carbocycles. The van der Waals surface area contributed by atoms with Crippen LogP contribution in [0.15, 0.2) is 40.6 Å². The summed E-state index contributed by atoms with van der Waals surface area (Å²) in [5.74, 6) is 0.484. The maximum Gasteiger partial charge on any atom is 0.294 e. The monoisotopic (exact) mass is 375 g/mol. The Bertz CT molecular complexity index is 746. The van der Waals surface area contributed by atoms with Gasteiger partial charge in [-0.05, 0) is 37.8 Å². The maximum absolute atomic E-state index is 10.8. The van der Waals surface area contributed by atoms with Crippen LogP contribution in [0.1, 0.15) is 31.2 Å². The molecule has 1 unspecified atom stereocenters. The third-order valence-corrected chi connectivity index (χ3v) is 5.33. The summed E-state index contributed by atoms with van der Waals surface area (Å²) >= 11 is 0. The molecule has 0 aromatic heterocycles. The molecule has 24 heavy (non-hydrogen) atoms. The summed E-state index contributed by atoms with van der Waals surface area (Å²) < 4.78 is 51.2. The van der Waals surface area contributed by atoms with Gasteiger partial charge in [0.2, 0.25) is 0 Å². The van der Waals surface area contributed by atoms with Crippen LogP contribution in [-0.2, 0) is 20.0 Å². The van der Waals surface area contributed by atoms with Crippen molar-refractivity contribution in [1.82, 2.24) is 0 Å². The van der Waals surface area contributed by atoms with Gasteiger partial charge in [-0.15, -0.1) is 0 Å². The second kappa shape index (κ2) is 8.75. The minimum absolute atomic E-state index is 0.0666. The van der Waals surface area contributed by atoms with Crippen LogP contribution in [0.5, 0.6) is 0 Å². The zero-order chi connectivity index (χ0) is 18.4. The fourth-order valence-electron chi connectivity index (χ4n) is 2.44. The summed E-state index contributed by atoms with van der Waals surface area (Å²) in [4.78, 5) is -0.0666. The van der Waals surface area contributed by atoms with Crippen molar-refractivity contribution in [3.63, 3.8) is 0 Å². The van der Waals surface area contributed by atoms with Crippen LogP contribution < -0.4 is 5.73 Å². The molecule has 1 aliphatic carbocycles. The molecule has 2 rings (SSSR count). The molecule has 0 saturated heterocycles. The van der Waals surface area contributed by atoms with E-state index in [1.807, 2.05) is 6.92 Å². The second-order valence-electron chi connectivity index (χ2n) is 6.07. The molecule has 0 spiro atoms. The summed E-state index contributed by atoms with van der Waals surface area (Å²) in [6, 6.07) is 5.90. The molecule has 8 heteroatoms. The Morgan fingerprint density at radius 3 is 2.04 bits per heavy atom. The lowest BCUT2D eigenvalue weighted by molar-refractivity contribution is 0.483. The Hall–Kier alpha value is -1.22. The lowest BCUT2D eigenvalue weighted by Crippen LogP contribution is -2.25. The Morgan fingerprint density at radius 2 is 1.62 bits per heavy atom. The number of hydrogen-bond donors (Lipinski definition) is 2. The van der Waals surface area contributed by atoms with E-state index in [4.69, 9.17) is 10.3 Å². The van der Waals surface area contributed by atoms with Crippen molar-refractivity contribution in [2.45, 2.75) is 43.5 Å². The van der Waals surface area contributed by atoms with E-state index in [0.29, 0.717) is 5.92 Å². The summed E-state index contributed by atoms with van der Waals surface area (Å²) in [6.07, 6.45) is 7.52. The van der Waals surface area contributed by atoms with E-state index in [-0.39, 0.29) is 10.9 Å². The van der Waals surface area contributed by atoms with Crippen molar-refractivity contribution < 1.29 is 21.4 Å². The van der Waals surface area contributed by atoms with E-state index in [0.717, 1.165) is 18.4 Å². The van der Waals surface area contributed by atoms with E-state index in [1.54, 1.807) is 18.2 Å². The first-order valence-electron chi connectivity index (χ1n) is 7.67. The Morgan fingerprint density at radius 1 is 1.12 bits per heavy atom. The van der Waals surface area contributed by atoms with E-state index >= 15 is 0 Å². The smallest absolute Gasteiger partial charge is 0.294 e. The minimum Gasteiger partial charge on any atom is -0.324 e. The molecule has 0 amide bonds. The molecule has 1 fully saturated rings. The number of aryl methyl sites for hydroxylation is 1. The normalized spacial score (nSPS) is 17.5. The van der Waals surface area contributed by atoms with E-state index in [1.165, 1.54) is 36.6 Å². The third-order valence-electron chi connectivity index (χ3n) is 3.81. The number of benzene rings is 1. The molecule has 3 N–H and O–H groups in total. The molecule has 1 aromatic rings. The van der Waals surface area contributed by atoms with Crippen molar-refractivity contribution in [1.29, 1.82) is 0 Å². The first-order chi connectivity index (χ1) is 11.0. The molecule has 1 aliphatic rings. The van der Waals surface area contributed by atoms with Gasteiger partial charge in [-0.25, -0.2) is 8.42 Å². The van der Waals surface area contributed by atoms with Gasteiger partial charge in [0.15, 0.2) is 9.84 Å². The highest BCUT2D eigenvalue weighted by Gasteiger charge is 2.20. The molecule has 136 valence electrons. The van der Waals surface area contributed by atoms with Crippen LogP contribution in [0, 0.1) is 12.8 Å². The van der Waals surface area contributed by atoms with Crippen molar-refractivity contribution >= 4 is 20.0 Å². The van der Waals surface area contributed by atoms with Gasteiger partial charge in [0, 0.05) is 17.7 Å². The molecular weight excluding hydrogens is 350 g/mol. The van der Waals surface area contributed by atoms with Gasteiger partial charge in [0.25, 0.3) is 10.1 Å². The van der Waals surface area contributed by atoms with Gasteiger partial charge in [-0.1, -0.05) is 36.6 Å². The fourth-order valence-corrected chi connectivity index (χ4v) is 3.39. The number of hydrogen-bond acceptors (Lipinski definition) is 5. The third kappa shape index (κ3) is 8.05. The highest BCUT2D eigenvalue weighted by Crippen LogP contribution is 2.27. The Kier molecular flexibility index (Phi) is 7.59. The highest BCUT2D eigenvalue weighted by atomic mass is 32.2. The van der Waals surface area contributed by atoms with Crippen LogP contribution in [0.3, 0.4) is 0 Å². The minimum atomic E-state index is -4.02. The molecule has 1 aromatic carbocycles. The molecule has 0 radical (unpaired) electrons.